The van der Waals surface area contributed by atoms with E-state index in [-0.39, 0.29) is 5.55 Å². The highest BCUT2D eigenvalue weighted by molar-refractivity contribution is 6.19. The lowest BCUT2D eigenvalue weighted by atomic mass is 10.00. The summed E-state index contributed by atoms with van der Waals surface area (Å²) in [6, 6.07) is 24.0. The number of nitrogens with zero attached hydrogens (tertiary/aromatic N) is 1. The van der Waals surface area contributed by atoms with Crippen LogP contribution in [0.2, 0.25) is 0 Å². The molecule has 4 nitrogen and oxygen atoms in total. The molecule has 3 N–H and O–H groups in total. The fourth-order valence-corrected chi connectivity index (χ4v) is 3.53. The molecule has 0 atom stereocenters. The lowest BCUT2D eigenvalue weighted by molar-refractivity contribution is 0.543. The summed E-state index contributed by atoms with van der Waals surface area (Å²) in [4.78, 5) is 4.52. The van der Waals surface area contributed by atoms with Crippen molar-refractivity contribution in [3.8, 4) is 11.3 Å². The number of aromatic nitrogens is 1. The average Bonchev–Trinajstić information content (AvgIpc) is 2.68. The van der Waals surface area contributed by atoms with Crippen molar-refractivity contribution < 1.29 is 4.42 Å². The zero-order chi connectivity index (χ0) is 17.7. The quantitative estimate of drug-likeness (QED) is 0.429. The first-order valence-electron chi connectivity index (χ1n) is 8.37. The molecule has 0 saturated carbocycles. The predicted molar refractivity (Wildman–Crippen MR) is 105 cm³/mol. The van der Waals surface area contributed by atoms with Crippen molar-refractivity contribution in [1.29, 1.82) is 5.41 Å². The standard InChI is InChI=1S/C22H15N3O/c23-21-20-16(12-17(25-21)14-7-2-1-3-8-14)19-15-9-5-4-6-13(15)10-11-18(19)26-22(20)24/h1-12,24H,(H2,23,25). The van der Waals surface area contributed by atoms with Gasteiger partial charge >= 0.3 is 0 Å². The molecule has 0 amide bonds. The number of pyridine rings is 1. The highest BCUT2D eigenvalue weighted by Gasteiger charge is 2.14. The summed E-state index contributed by atoms with van der Waals surface area (Å²) in [6.45, 7) is 0. The summed E-state index contributed by atoms with van der Waals surface area (Å²) in [5, 5.41) is 12.9. The molecular formula is C22H15N3O. The van der Waals surface area contributed by atoms with Crippen LogP contribution in [0.1, 0.15) is 0 Å². The van der Waals surface area contributed by atoms with E-state index in [4.69, 9.17) is 15.6 Å². The van der Waals surface area contributed by atoms with E-state index >= 15 is 0 Å². The molecule has 0 unspecified atom stereocenters. The Morgan fingerprint density at radius 3 is 2.42 bits per heavy atom. The highest BCUT2D eigenvalue weighted by atomic mass is 16.3. The van der Waals surface area contributed by atoms with Crippen molar-refractivity contribution >= 4 is 38.3 Å². The third-order valence-corrected chi connectivity index (χ3v) is 4.72. The van der Waals surface area contributed by atoms with Gasteiger partial charge in [0.05, 0.1) is 11.1 Å². The summed E-state index contributed by atoms with van der Waals surface area (Å²) in [5.74, 6) is 0.310. The molecule has 5 rings (SSSR count). The molecule has 0 aliphatic rings. The van der Waals surface area contributed by atoms with E-state index in [0.717, 1.165) is 32.8 Å². The first-order chi connectivity index (χ1) is 12.7. The third-order valence-electron chi connectivity index (χ3n) is 4.72. The normalized spacial score (nSPS) is 11.4. The van der Waals surface area contributed by atoms with E-state index in [9.17, 15) is 0 Å². The second-order valence-electron chi connectivity index (χ2n) is 6.27. The van der Waals surface area contributed by atoms with Crippen LogP contribution < -0.4 is 11.3 Å². The van der Waals surface area contributed by atoms with Crippen LogP contribution in [-0.4, -0.2) is 4.98 Å². The van der Waals surface area contributed by atoms with Gasteiger partial charge in [0.15, 0.2) is 0 Å². The van der Waals surface area contributed by atoms with Gasteiger partial charge in [-0.2, -0.15) is 0 Å². The van der Waals surface area contributed by atoms with Crippen LogP contribution in [0.25, 0.3) is 43.8 Å². The van der Waals surface area contributed by atoms with Gasteiger partial charge in [0.1, 0.15) is 11.4 Å². The summed E-state index contributed by atoms with van der Waals surface area (Å²) in [6.07, 6.45) is 0. The van der Waals surface area contributed by atoms with E-state index in [1.165, 1.54) is 0 Å². The summed E-state index contributed by atoms with van der Waals surface area (Å²) in [5.41, 5.74) is 8.72. The molecule has 0 saturated heterocycles. The van der Waals surface area contributed by atoms with Gasteiger partial charge in [0.2, 0.25) is 5.55 Å². The SMILES string of the molecule is N=c1oc2ccc3ccccc3c2c2cc(-c3ccccc3)nc(N)c12. The van der Waals surface area contributed by atoms with Gasteiger partial charge in [-0.1, -0.05) is 60.7 Å². The van der Waals surface area contributed by atoms with E-state index in [2.05, 4.69) is 17.1 Å². The third kappa shape index (κ3) is 2.09. The highest BCUT2D eigenvalue weighted by Crippen LogP contribution is 2.34. The lowest BCUT2D eigenvalue weighted by Gasteiger charge is -2.11. The molecule has 0 spiro atoms. The Morgan fingerprint density at radius 1 is 0.808 bits per heavy atom. The number of rotatable bonds is 1. The monoisotopic (exact) mass is 337 g/mol. The second-order valence-corrected chi connectivity index (χ2v) is 6.27. The first-order valence-corrected chi connectivity index (χ1v) is 8.37. The molecule has 0 aliphatic heterocycles. The van der Waals surface area contributed by atoms with Crippen LogP contribution in [0, 0.1) is 5.41 Å². The van der Waals surface area contributed by atoms with E-state index in [0.29, 0.717) is 16.8 Å². The zero-order valence-electron chi connectivity index (χ0n) is 13.9. The lowest BCUT2D eigenvalue weighted by Crippen LogP contribution is -2.06. The fraction of sp³-hybridized carbons (Fsp3) is 0. The molecule has 0 fully saturated rings. The summed E-state index contributed by atoms with van der Waals surface area (Å²) in [7, 11) is 0. The Balaban J connectivity index is 2.02. The van der Waals surface area contributed by atoms with Gasteiger partial charge in [-0.25, -0.2) is 4.98 Å². The number of anilines is 1. The molecule has 0 aliphatic carbocycles. The Labute approximate surface area is 149 Å². The largest absolute Gasteiger partial charge is 0.438 e. The van der Waals surface area contributed by atoms with Crippen molar-refractivity contribution in [3.05, 3.63) is 78.4 Å². The van der Waals surface area contributed by atoms with E-state index < -0.39 is 0 Å². The molecular weight excluding hydrogens is 322 g/mol. The Hall–Kier alpha value is -3.66. The molecule has 0 radical (unpaired) electrons. The van der Waals surface area contributed by atoms with Crippen LogP contribution in [0.15, 0.2) is 77.2 Å². The van der Waals surface area contributed by atoms with Crippen molar-refractivity contribution in [2.45, 2.75) is 0 Å². The van der Waals surface area contributed by atoms with Crippen molar-refractivity contribution in [3.63, 3.8) is 0 Å². The molecule has 2 aromatic heterocycles. The maximum Gasteiger partial charge on any atom is 0.223 e. The minimum absolute atomic E-state index is 0.0346. The molecule has 4 heteroatoms. The Morgan fingerprint density at radius 2 is 1.58 bits per heavy atom. The van der Waals surface area contributed by atoms with Gasteiger partial charge in [-0.15, -0.1) is 0 Å². The van der Waals surface area contributed by atoms with E-state index in [1.807, 2.05) is 60.7 Å². The molecule has 26 heavy (non-hydrogen) atoms. The maximum atomic E-state index is 8.28. The molecule has 3 aromatic carbocycles. The number of nitrogen functional groups attached to an aromatic ring is 1. The number of fused-ring (bicyclic) bond motifs is 5. The van der Waals surface area contributed by atoms with Crippen molar-refractivity contribution in [1.82, 2.24) is 4.98 Å². The fourth-order valence-electron chi connectivity index (χ4n) is 3.53. The minimum atomic E-state index is 0.0346. The number of hydrogen-bond donors (Lipinski definition) is 2. The number of nitrogens with one attached hydrogen (secondary N) is 1. The van der Waals surface area contributed by atoms with Gasteiger partial charge < -0.3 is 10.2 Å². The maximum absolute atomic E-state index is 8.28. The average molecular weight is 337 g/mol. The molecule has 2 heterocycles. The van der Waals surface area contributed by atoms with Gasteiger partial charge in [-0.3, -0.25) is 5.41 Å². The summed E-state index contributed by atoms with van der Waals surface area (Å²) >= 11 is 0. The first kappa shape index (κ1) is 14.7. The molecule has 5 aromatic rings. The van der Waals surface area contributed by atoms with Gasteiger partial charge in [0.25, 0.3) is 0 Å². The van der Waals surface area contributed by atoms with Crippen LogP contribution in [0.3, 0.4) is 0 Å². The van der Waals surface area contributed by atoms with Crippen LogP contribution in [-0.2, 0) is 0 Å². The predicted octanol–water partition coefficient (Wildman–Crippen LogP) is 4.86. The number of nitrogens with two attached hydrogens (primary N) is 1. The van der Waals surface area contributed by atoms with Gasteiger partial charge in [-0.05, 0) is 22.9 Å². The Kier molecular flexibility index (Phi) is 3.06. The number of hydrogen-bond acceptors (Lipinski definition) is 4. The Bertz CT molecular complexity index is 1350. The van der Waals surface area contributed by atoms with Crippen LogP contribution in [0.4, 0.5) is 5.82 Å². The van der Waals surface area contributed by atoms with Crippen molar-refractivity contribution in [2.24, 2.45) is 0 Å². The van der Waals surface area contributed by atoms with E-state index in [1.54, 1.807) is 0 Å². The topological polar surface area (TPSA) is 75.9 Å². The molecule has 124 valence electrons. The zero-order valence-corrected chi connectivity index (χ0v) is 13.9. The minimum Gasteiger partial charge on any atom is -0.438 e. The summed E-state index contributed by atoms with van der Waals surface area (Å²) < 4.78 is 5.76. The number of benzene rings is 3. The van der Waals surface area contributed by atoms with Crippen molar-refractivity contribution in [2.75, 3.05) is 5.73 Å². The second kappa shape index (κ2) is 5.43. The van der Waals surface area contributed by atoms with Gasteiger partial charge in [0, 0.05) is 16.3 Å². The smallest absolute Gasteiger partial charge is 0.223 e. The van der Waals surface area contributed by atoms with Crippen LogP contribution >= 0.6 is 0 Å². The molecule has 0 bridgehead atoms. The van der Waals surface area contributed by atoms with Crippen LogP contribution in [0.5, 0.6) is 0 Å².